The number of carbonyl (C=O) groups excluding carboxylic acids is 4. The Labute approximate surface area is 167 Å². The average Bonchev–Trinajstić information content (AvgIpc) is 2.89. The van der Waals surface area contributed by atoms with Gasteiger partial charge in [-0.15, -0.1) is 0 Å². The minimum Gasteiger partial charge on any atom is -0.338 e. The molecule has 154 valence electrons. The Balaban J connectivity index is 1.89. The van der Waals surface area contributed by atoms with E-state index in [0.29, 0.717) is 13.0 Å². The Bertz CT molecular complexity index is 534. The lowest BCUT2D eigenvalue weighted by atomic mass is 10.0. The molecule has 1 aliphatic rings. The van der Waals surface area contributed by atoms with Crippen molar-refractivity contribution in [1.82, 2.24) is 10.6 Å². The summed E-state index contributed by atoms with van der Waals surface area (Å²) in [7, 11) is 0. The average molecular weight is 399 g/mol. The van der Waals surface area contributed by atoms with Crippen LogP contribution in [-0.2, 0) is 14.4 Å². The molecule has 0 aromatic heterocycles. The first kappa shape index (κ1) is 23.7. The van der Waals surface area contributed by atoms with Crippen molar-refractivity contribution in [2.45, 2.75) is 89.3 Å². The van der Waals surface area contributed by atoms with Crippen LogP contribution in [0.15, 0.2) is 0 Å². The highest BCUT2D eigenvalue weighted by Crippen LogP contribution is 2.25. The van der Waals surface area contributed by atoms with Crippen LogP contribution in [0.2, 0.25) is 0 Å². The molecule has 1 atom stereocenters. The summed E-state index contributed by atoms with van der Waals surface area (Å²) in [5.41, 5.74) is -0.830. The van der Waals surface area contributed by atoms with Crippen LogP contribution in [0.3, 0.4) is 0 Å². The second-order valence-corrected chi connectivity index (χ2v) is 9.09. The van der Waals surface area contributed by atoms with E-state index in [-0.39, 0.29) is 35.1 Å². The summed E-state index contributed by atoms with van der Waals surface area (Å²) in [4.78, 5) is 45.8. The van der Waals surface area contributed by atoms with Crippen molar-refractivity contribution in [2.24, 2.45) is 0 Å². The maximum Gasteiger partial charge on any atom is 0.315 e. The van der Waals surface area contributed by atoms with Crippen molar-refractivity contribution in [3.05, 3.63) is 0 Å². The number of unbranched alkanes of at least 4 members (excludes halogenated alkanes) is 6. The largest absolute Gasteiger partial charge is 0.338 e. The van der Waals surface area contributed by atoms with Gasteiger partial charge in [-0.25, -0.2) is 4.79 Å². The zero-order chi connectivity index (χ0) is 20.3. The summed E-state index contributed by atoms with van der Waals surface area (Å²) >= 11 is 1.64. The number of Topliss-reactive ketones (excluding diaryl/α,β-unsaturated/α-hetero) is 3. The molecular weight excluding hydrogens is 364 g/mol. The third-order valence-corrected chi connectivity index (χ3v) is 6.23. The predicted octanol–water partition coefficient (Wildman–Crippen LogP) is 3.42. The molecule has 0 saturated heterocycles. The normalized spacial score (nSPS) is 17.2. The first-order valence-corrected chi connectivity index (χ1v) is 11.0. The molecule has 6 nitrogen and oxygen atoms in total. The Hall–Kier alpha value is -1.37. The fraction of sp³-hybridized carbons (Fsp3) is 0.800. The van der Waals surface area contributed by atoms with Crippen molar-refractivity contribution in [3.63, 3.8) is 0 Å². The second-order valence-electron chi connectivity index (χ2n) is 7.78. The number of carbonyl (C=O) groups is 4. The molecule has 0 aromatic carbocycles. The van der Waals surface area contributed by atoms with E-state index in [0.717, 1.165) is 37.9 Å². The summed E-state index contributed by atoms with van der Waals surface area (Å²) < 4.78 is 0. The minimum atomic E-state index is -0.830. The van der Waals surface area contributed by atoms with Gasteiger partial charge in [0.1, 0.15) is 5.78 Å². The lowest BCUT2D eigenvalue weighted by molar-refractivity contribution is -0.122. The van der Waals surface area contributed by atoms with Crippen LogP contribution < -0.4 is 10.6 Å². The van der Waals surface area contributed by atoms with E-state index in [2.05, 4.69) is 10.6 Å². The van der Waals surface area contributed by atoms with Gasteiger partial charge in [0, 0.05) is 13.0 Å². The van der Waals surface area contributed by atoms with Crippen molar-refractivity contribution < 1.29 is 19.2 Å². The van der Waals surface area contributed by atoms with E-state index in [9.17, 15) is 19.2 Å². The van der Waals surface area contributed by atoms with Crippen LogP contribution in [0.4, 0.5) is 4.79 Å². The molecule has 1 aliphatic carbocycles. The van der Waals surface area contributed by atoms with Gasteiger partial charge < -0.3 is 10.6 Å². The van der Waals surface area contributed by atoms with E-state index >= 15 is 0 Å². The van der Waals surface area contributed by atoms with Gasteiger partial charge in [0.2, 0.25) is 0 Å². The number of hydrogen-bond donors (Lipinski definition) is 2. The maximum atomic E-state index is 11.7. The van der Waals surface area contributed by atoms with Gasteiger partial charge in [0.25, 0.3) is 0 Å². The van der Waals surface area contributed by atoms with Crippen molar-refractivity contribution in [1.29, 1.82) is 0 Å². The SMILES string of the molecule is CC(=O)C(C)(C)NC(=O)NCCCCCCCCCSC1CC(=O)CC1=O. The summed E-state index contributed by atoms with van der Waals surface area (Å²) in [5.74, 6) is 1.09. The molecule has 0 aliphatic heterocycles. The number of hydrogen-bond acceptors (Lipinski definition) is 5. The predicted molar refractivity (Wildman–Crippen MR) is 109 cm³/mol. The first-order valence-electron chi connectivity index (χ1n) is 9.95. The highest BCUT2D eigenvalue weighted by Gasteiger charge is 2.30. The molecule has 2 amide bonds. The van der Waals surface area contributed by atoms with E-state index in [1.165, 1.54) is 19.8 Å². The van der Waals surface area contributed by atoms with Gasteiger partial charge in [-0.1, -0.05) is 32.1 Å². The Morgan fingerprint density at radius 2 is 1.63 bits per heavy atom. The molecule has 0 spiro atoms. The van der Waals surface area contributed by atoms with Gasteiger partial charge >= 0.3 is 6.03 Å². The van der Waals surface area contributed by atoms with Gasteiger partial charge in [0.15, 0.2) is 11.6 Å². The van der Waals surface area contributed by atoms with Crippen molar-refractivity contribution in [2.75, 3.05) is 12.3 Å². The van der Waals surface area contributed by atoms with Crippen LogP contribution in [0.25, 0.3) is 0 Å². The fourth-order valence-corrected chi connectivity index (χ4v) is 4.04. The van der Waals surface area contributed by atoms with Crippen LogP contribution in [0.5, 0.6) is 0 Å². The van der Waals surface area contributed by atoms with E-state index in [4.69, 9.17) is 0 Å². The standard InChI is InChI=1S/C20H34N2O4S/c1-15(23)20(2,3)22-19(26)21-11-9-7-5-4-6-8-10-12-27-18-14-16(24)13-17(18)25/h18H,4-14H2,1-3H3,(H2,21,22,26). The van der Waals surface area contributed by atoms with Gasteiger partial charge in [-0.05, 0) is 39.4 Å². The number of urea groups is 1. The van der Waals surface area contributed by atoms with Crippen molar-refractivity contribution in [3.8, 4) is 0 Å². The molecule has 27 heavy (non-hydrogen) atoms. The van der Waals surface area contributed by atoms with Gasteiger partial charge in [0.05, 0.1) is 17.2 Å². The number of rotatable bonds is 13. The molecule has 7 heteroatoms. The highest BCUT2D eigenvalue weighted by molar-refractivity contribution is 8.00. The molecule has 1 unspecified atom stereocenters. The second kappa shape index (κ2) is 12.2. The fourth-order valence-electron chi connectivity index (χ4n) is 2.81. The molecule has 1 fully saturated rings. The van der Waals surface area contributed by atoms with Crippen LogP contribution >= 0.6 is 11.8 Å². The lowest BCUT2D eigenvalue weighted by Gasteiger charge is -2.23. The Kier molecular flexibility index (Phi) is 10.7. The monoisotopic (exact) mass is 398 g/mol. The summed E-state index contributed by atoms with van der Waals surface area (Å²) in [6.07, 6.45) is 8.33. The van der Waals surface area contributed by atoms with E-state index in [1.54, 1.807) is 25.6 Å². The van der Waals surface area contributed by atoms with Crippen molar-refractivity contribution >= 4 is 35.1 Å². The maximum absolute atomic E-state index is 11.7. The highest BCUT2D eigenvalue weighted by atomic mass is 32.2. The Morgan fingerprint density at radius 1 is 1.04 bits per heavy atom. The quantitative estimate of drug-likeness (QED) is 0.366. The molecule has 0 heterocycles. The minimum absolute atomic E-state index is 0.0700. The Morgan fingerprint density at radius 3 is 2.19 bits per heavy atom. The molecule has 0 aromatic rings. The van der Waals surface area contributed by atoms with Gasteiger partial charge in [-0.3, -0.25) is 14.4 Å². The molecule has 2 N–H and O–H groups in total. The number of thioether (sulfide) groups is 1. The zero-order valence-electron chi connectivity index (χ0n) is 16.9. The molecule has 1 rings (SSSR count). The lowest BCUT2D eigenvalue weighted by Crippen LogP contribution is -2.52. The number of ketones is 3. The molecule has 0 radical (unpaired) electrons. The summed E-state index contributed by atoms with van der Waals surface area (Å²) in [6, 6.07) is -0.296. The van der Waals surface area contributed by atoms with Crippen LogP contribution in [0.1, 0.15) is 78.6 Å². The first-order chi connectivity index (χ1) is 12.7. The molecular formula is C20H34N2O4S. The van der Waals surface area contributed by atoms with Crippen LogP contribution in [0, 0.1) is 0 Å². The number of nitrogens with one attached hydrogen (secondary N) is 2. The smallest absolute Gasteiger partial charge is 0.315 e. The molecule has 0 bridgehead atoms. The topological polar surface area (TPSA) is 92.3 Å². The van der Waals surface area contributed by atoms with E-state index < -0.39 is 5.54 Å². The number of amides is 2. The summed E-state index contributed by atoms with van der Waals surface area (Å²) in [6.45, 7) is 5.47. The summed E-state index contributed by atoms with van der Waals surface area (Å²) in [5, 5.41) is 5.38. The zero-order valence-corrected chi connectivity index (χ0v) is 17.7. The van der Waals surface area contributed by atoms with E-state index in [1.807, 2.05) is 0 Å². The third-order valence-electron chi connectivity index (χ3n) is 4.88. The third kappa shape index (κ3) is 9.94. The van der Waals surface area contributed by atoms with Gasteiger partial charge in [-0.2, -0.15) is 11.8 Å². The molecule has 1 saturated carbocycles. The van der Waals surface area contributed by atoms with Crippen LogP contribution in [-0.4, -0.2) is 46.5 Å².